The highest BCUT2D eigenvalue weighted by Crippen LogP contribution is 2.26. The van der Waals surface area contributed by atoms with Gasteiger partial charge in [0, 0.05) is 9.86 Å². The first-order valence-corrected chi connectivity index (χ1v) is 4.79. The van der Waals surface area contributed by atoms with E-state index in [9.17, 15) is 4.39 Å². The van der Waals surface area contributed by atoms with Gasteiger partial charge in [0.2, 0.25) is 0 Å². The van der Waals surface area contributed by atoms with E-state index in [0.717, 1.165) is 10.9 Å². The Labute approximate surface area is 88.8 Å². The maximum atomic E-state index is 13.0. The zero-order valence-corrected chi connectivity index (χ0v) is 9.01. The summed E-state index contributed by atoms with van der Waals surface area (Å²) >= 11 is 3.25. The number of halogens is 2. The molecule has 1 aromatic carbocycles. The summed E-state index contributed by atoms with van der Waals surface area (Å²) in [7, 11) is 1.55. The number of fused-ring (bicyclic) bond motifs is 1. The molecular weight excluding hydrogens is 249 g/mol. The predicted octanol–water partition coefficient (Wildman–Crippen LogP) is 3.15. The first-order chi connectivity index (χ1) is 6.70. The summed E-state index contributed by atoms with van der Waals surface area (Å²) in [5.41, 5.74) is 0.729. The predicted molar refractivity (Wildman–Crippen MR) is 56.0 cm³/mol. The van der Waals surface area contributed by atoms with Gasteiger partial charge in [0.05, 0.1) is 18.8 Å². The lowest BCUT2D eigenvalue weighted by Crippen LogP contribution is -1.87. The van der Waals surface area contributed by atoms with Gasteiger partial charge in [-0.3, -0.25) is 4.98 Å². The summed E-state index contributed by atoms with van der Waals surface area (Å²) in [5, 5.41) is 0.719. The third-order valence-electron chi connectivity index (χ3n) is 1.91. The van der Waals surface area contributed by atoms with Gasteiger partial charge >= 0.3 is 0 Å². The van der Waals surface area contributed by atoms with Crippen molar-refractivity contribution in [3.8, 4) is 5.75 Å². The molecule has 14 heavy (non-hydrogen) atoms. The monoisotopic (exact) mass is 255 g/mol. The molecule has 1 heterocycles. The highest BCUT2D eigenvalue weighted by Gasteiger charge is 2.04. The van der Waals surface area contributed by atoms with Crippen LogP contribution >= 0.6 is 15.9 Å². The Morgan fingerprint density at radius 2 is 2.14 bits per heavy atom. The Hall–Kier alpha value is -1.16. The van der Waals surface area contributed by atoms with Gasteiger partial charge in [-0.2, -0.15) is 0 Å². The van der Waals surface area contributed by atoms with Crippen molar-refractivity contribution in [2.75, 3.05) is 7.11 Å². The molecule has 0 aliphatic carbocycles. The number of hydrogen-bond acceptors (Lipinski definition) is 2. The Kier molecular flexibility index (Phi) is 2.37. The lowest BCUT2D eigenvalue weighted by Gasteiger charge is -2.03. The van der Waals surface area contributed by atoms with Crippen LogP contribution in [0.2, 0.25) is 0 Å². The van der Waals surface area contributed by atoms with Crippen molar-refractivity contribution >= 4 is 26.8 Å². The van der Waals surface area contributed by atoms with Crippen LogP contribution in [0.5, 0.6) is 5.75 Å². The minimum atomic E-state index is -0.292. The molecule has 0 atom stereocenters. The van der Waals surface area contributed by atoms with Gasteiger partial charge in [0.25, 0.3) is 0 Å². The second kappa shape index (κ2) is 3.53. The van der Waals surface area contributed by atoms with E-state index < -0.39 is 0 Å². The van der Waals surface area contributed by atoms with Gasteiger partial charge in [0.1, 0.15) is 11.6 Å². The summed E-state index contributed by atoms with van der Waals surface area (Å²) in [4.78, 5) is 4.15. The molecule has 0 bridgehead atoms. The Bertz CT molecular complexity index is 487. The van der Waals surface area contributed by atoms with E-state index in [0.29, 0.717) is 10.2 Å². The molecule has 2 rings (SSSR count). The second-order valence-corrected chi connectivity index (χ2v) is 3.69. The van der Waals surface area contributed by atoms with Gasteiger partial charge < -0.3 is 4.74 Å². The van der Waals surface area contributed by atoms with Crippen molar-refractivity contribution < 1.29 is 9.13 Å². The van der Waals surface area contributed by atoms with Gasteiger partial charge in [-0.25, -0.2) is 4.39 Å². The molecule has 72 valence electrons. The van der Waals surface area contributed by atoms with Crippen molar-refractivity contribution in [2.45, 2.75) is 0 Å². The largest absolute Gasteiger partial charge is 0.495 e. The van der Waals surface area contributed by atoms with E-state index in [1.54, 1.807) is 19.4 Å². The summed E-state index contributed by atoms with van der Waals surface area (Å²) in [6, 6.07) is 4.56. The van der Waals surface area contributed by atoms with Crippen LogP contribution in [-0.4, -0.2) is 12.1 Å². The number of ether oxygens (including phenoxy) is 1. The van der Waals surface area contributed by atoms with Crippen LogP contribution in [-0.2, 0) is 0 Å². The van der Waals surface area contributed by atoms with Crippen molar-refractivity contribution in [3.63, 3.8) is 0 Å². The fourth-order valence-corrected chi connectivity index (χ4v) is 1.81. The minimum absolute atomic E-state index is 0.292. The maximum absolute atomic E-state index is 13.0. The molecular formula is C10H7BrFNO. The third kappa shape index (κ3) is 1.57. The van der Waals surface area contributed by atoms with E-state index in [-0.39, 0.29) is 5.82 Å². The maximum Gasteiger partial charge on any atom is 0.137 e. The highest BCUT2D eigenvalue weighted by molar-refractivity contribution is 9.10. The van der Waals surface area contributed by atoms with Crippen molar-refractivity contribution in [3.05, 3.63) is 34.7 Å². The van der Waals surface area contributed by atoms with E-state index in [4.69, 9.17) is 4.74 Å². The zero-order valence-electron chi connectivity index (χ0n) is 7.42. The SMILES string of the molecule is COc1cnc2c(Br)cc(F)cc2c1. The Morgan fingerprint density at radius 3 is 2.86 bits per heavy atom. The number of methoxy groups -OCH3 is 1. The number of hydrogen-bond donors (Lipinski definition) is 0. The third-order valence-corrected chi connectivity index (χ3v) is 2.52. The van der Waals surface area contributed by atoms with Gasteiger partial charge in [-0.05, 0) is 34.1 Å². The van der Waals surface area contributed by atoms with Crippen LogP contribution in [0.25, 0.3) is 10.9 Å². The fourth-order valence-electron chi connectivity index (χ4n) is 1.26. The molecule has 0 saturated carbocycles. The molecule has 0 unspecified atom stereocenters. The van der Waals surface area contributed by atoms with Crippen LogP contribution in [0, 0.1) is 5.82 Å². The molecule has 1 aromatic heterocycles. The van der Waals surface area contributed by atoms with E-state index in [2.05, 4.69) is 20.9 Å². The first kappa shape index (κ1) is 9.40. The number of benzene rings is 1. The molecule has 0 saturated heterocycles. The summed E-state index contributed by atoms with van der Waals surface area (Å²) in [6.07, 6.45) is 1.60. The molecule has 2 aromatic rings. The minimum Gasteiger partial charge on any atom is -0.495 e. The molecule has 0 N–H and O–H groups in total. The molecule has 4 heteroatoms. The van der Waals surface area contributed by atoms with Gasteiger partial charge in [0.15, 0.2) is 0 Å². The molecule has 0 aliphatic rings. The first-order valence-electron chi connectivity index (χ1n) is 3.99. The second-order valence-electron chi connectivity index (χ2n) is 2.83. The van der Waals surface area contributed by atoms with Crippen molar-refractivity contribution in [2.24, 2.45) is 0 Å². The Balaban J connectivity index is 2.75. The number of pyridine rings is 1. The number of rotatable bonds is 1. The fraction of sp³-hybridized carbons (Fsp3) is 0.100. The summed E-state index contributed by atoms with van der Waals surface area (Å²) in [5.74, 6) is 0.328. The summed E-state index contributed by atoms with van der Waals surface area (Å²) in [6.45, 7) is 0. The smallest absolute Gasteiger partial charge is 0.137 e. The van der Waals surface area contributed by atoms with Crippen LogP contribution in [0.15, 0.2) is 28.9 Å². The normalized spacial score (nSPS) is 10.5. The average molecular weight is 256 g/mol. The molecule has 0 fully saturated rings. The average Bonchev–Trinajstić information content (AvgIpc) is 2.16. The quantitative estimate of drug-likeness (QED) is 0.781. The molecule has 2 nitrogen and oxygen atoms in total. The lowest BCUT2D eigenvalue weighted by atomic mass is 10.2. The highest BCUT2D eigenvalue weighted by atomic mass is 79.9. The molecule has 0 radical (unpaired) electrons. The standard InChI is InChI=1S/C10H7BrFNO/c1-14-8-3-6-2-7(12)4-9(11)10(6)13-5-8/h2-5H,1H3. The van der Waals surface area contributed by atoms with E-state index in [1.807, 2.05) is 0 Å². The molecule has 0 spiro atoms. The molecule has 0 aliphatic heterocycles. The van der Waals surface area contributed by atoms with Crippen LogP contribution in [0.3, 0.4) is 0 Å². The topological polar surface area (TPSA) is 22.1 Å². The van der Waals surface area contributed by atoms with E-state index in [1.165, 1.54) is 12.1 Å². The van der Waals surface area contributed by atoms with Crippen LogP contribution in [0.4, 0.5) is 4.39 Å². The molecule has 0 amide bonds. The van der Waals surface area contributed by atoms with Gasteiger partial charge in [-0.1, -0.05) is 0 Å². The van der Waals surface area contributed by atoms with Crippen LogP contribution < -0.4 is 4.74 Å². The zero-order chi connectivity index (χ0) is 10.1. The lowest BCUT2D eigenvalue weighted by molar-refractivity contribution is 0.413. The Morgan fingerprint density at radius 1 is 1.36 bits per heavy atom. The number of nitrogens with zero attached hydrogens (tertiary/aromatic N) is 1. The number of aromatic nitrogens is 1. The van der Waals surface area contributed by atoms with E-state index >= 15 is 0 Å². The van der Waals surface area contributed by atoms with Crippen molar-refractivity contribution in [1.82, 2.24) is 4.98 Å². The van der Waals surface area contributed by atoms with Gasteiger partial charge in [-0.15, -0.1) is 0 Å². The summed E-state index contributed by atoms with van der Waals surface area (Å²) < 4.78 is 18.7. The van der Waals surface area contributed by atoms with Crippen molar-refractivity contribution in [1.29, 1.82) is 0 Å². The van der Waals surface area contributed by atoms with Crippen LogP contribution in [0.1, 0.15) is 0 Å².